The van der Waals surface area contributed by atoms with E-state index in [-0.39, 0.29) is 0 Å². The monoisotopic (exact) mass is 170 g/mol. The Morgan fingerprint density at radius 2 is 1.38 bits per heavy atom. The number of hydrogen-bond donors (Lipinski definition) is 0. The van der Waals surface area contributed by atoms with Gasteiger partial charge in [-0.1, -0.05) is 50.1 Å². The summed E-state index contributed by atoms with van der Waals surface area (Å²) in [4.78, 5) is 0. The lowest BCUT2D eigenvalue weighted by molar-refractivity contribution is 1.43. The fourth-order valence-corrected chi connectivity index (χ4v) is 1.43. The minimum atomic E-state index is 1.11. The molecule has 0 radical (unpaired) electrons. The molecule has 1 rings (SSSR count). The second kappa shape index (κ2) is 3.90. The van der Waals surface area contributed by atoms with E-state index in [0.717, 1.165) is 16.7 Å². The molecule has 1 aromatic rings. The molecular weight excluding hydrogens is 156 g/mol. The normalized spacial score (nSPS) is 9.31. The lowest BCUT2D eigenvalue weighted by atomic mass is 9.98. The van der Waals surface area contributed by atoms with E-state index in [9.17, 15) is 0 Å². The van der Waals surface area contributed by atoms with Crippen LogP contribution in [0.3, 0.4) is 0 Å². The van der Waals surface area contributed by atoms with Gasteiger partial charge in [0.2, 0.25) is 0 Å². The van der Waals surface area contributed by atoms with Crippen LogP contribution in [0.2, 0.25) is 0 Å². The molecule has 0 nitrogen and oxygen atoms in total. The van der Waals surface area contributed by atoms with Crippen molar-refractivity contribution in [3.05, 3.63) is 54.1 Å². The molecule has 0 bridgehead atoms. The maximum Gasteiger partial charge on any atom is -0.0118 e. The Morgan fingerprint density at radius 1 is 0.923 bits per heavy atom. The van der Waals surface area contributed by atoms with Crippen LogP contribution in [-0.4, -0.2) is 0 Å². The maximum absolute atomic E-state index is 3.78. The minimum Gasteiger partial charge on any atom is -0.0984 e. The molecule has 0 spiro atoms. The molecule has 0 heterocycles. The van der Waals surface area contributed by atoms with E-state index in [1.807, 2.05) is 18.2 Å². The van der Waals surface area contributed by atoms with Gasteiger partial charge in [-0.2, -0.15) is 0 Å². The van der Waals surface area contributed by atoms with Crippen LogP contribution in [0.15, 0.2) is 31.9 Å². The van der Waals surface area contributed by atoms with Gasteiger partial charge in [0, 0.05) is 0 Å². The van der Waals surface area contributed by atoms with E-state index in [1.165, 1.54) is 5.56 Å². The summed E-state index contributed by atoms with van der Waals surface area (Å²) in [7, 11) is 0. The Kier molecular flexibility index (Phi) is 2.86. The van der Waals surface area contributed by atoms with Crippen LogP contribution in [-0.2, 0) is 0 Å². The van der Waals surface area contributed by atoms with Crippen molar-refractivity contribution in [3.63, 3.8) is 0 Å². The highest BCUT2D eigenvalue weighted by Crippen LogP contribution is 2.20. The summed E-state index contributed by atoms with van der Waals surface area (Å²) >= 11 is 0. The van der Waals surface area contributed by atoms with E-state index < -0.39 is 0 Å². The van der Waals surface area contributed by atoms with Crippen molar-refractivity contribution in [2.45, 2.75) is 6.92 Å². The summed E-state index contributed by atoms with van der Waals surface area (Å²) in [5, 5.41) is 0. The Labute approximate surface area is 79.9 Å². The van der Waals surface area contributed by atoms with E-state index in [2.05, 4.69) is 38.8 Å². The molecule has 0 amide bonds. The Hall–Kier alpha value is -1.56. The van der Waals surface area contributed by atoms with Crippen molar-refractivity contribution >= 4 is 18.2 Å². The molecule has 0 heteroatoms. The molecule has 0 saturated carbocycles. The van der Waals surface area contributed by atoms with E-state index >= 15 is 0 Å². The first-order valence-electron chi connectivity index (χ1n) is 4.25. The molecule has 0 atom stereocenters. The molecule has 0 aliphatic carbocycles. The van der Waals surface area contributed by atoms with Crippen molar-refractivity contribution in [3.8, 4) is 0 Å². The molecule has 13 heavy (non-hydrogen) atoms. The van der Waals surface area contributed by atoms with Crippen LogP contribution >= 0.6 is 0 Å². The number of rotatable bonds is 3. The van der Waals surface area contributed by atoms with Gasteiger partial charge in [-0.25, -0.2) is 0 Å². The Bertz CT molecular complexity index is 327. The first-order chi connectivity index (χ1) is 6.22. The van der Waals surface area contributed by atoms with E-state index in [1.54, 1.807) is 0 Å². The summed E-state index contributed by atoms with van der Waals surface area (Å²) in [5.41, 5.74) is 4.56. The predicted octanol–water partition coefficient (Wildman–Crippen LogP) is 3.92. The van der Waals surface area contributed by atoms with Gasteiger partial charge in [-0.15, -0.1) is 0 Å². The maximum atomic E-state index is 3.78. The average molecular weight is 170 g/mol. The molecule has 0 N–H and O–H groups in total. The third-order valence-corrected chi connectivity index (χ3v) is 2.03. The van der Waals surface area contributed by atoms with Crippen LogP contribution in [0.4, 0.5) is 0 Å². The zero-order valence-electron chi connectivity index (χ0n) is 8.01. The highest BCUT2D eigenvalue weighted by Gasteiger charge is 2.01. The standard InChI is InChI=1S/C13H14/c1-5-11-8-10(4)9-12(6-2)13(11)7-3/h5-9H,1-3H2,4H3. The number of benzene rings is 1. The summed E-state index contributed by atoms with van der Waals surface area (Å²) in [6, 6.07) is 4.19. The van der Waals surface area contributed by atoms with Crippen LogP contribution in [0.1, 0.15) is 22.3 Å². The van der Waals surface area contributed by atoms with Gasteiger partial charge in [-0.3, -0.25) is 0 Å². The molecule has 0 unspecified atom stereocenters. The first kappa shape index (κ1) is 9.53. The second-order valence-corrected chi connectivity index (χ2v) is 2.97. The van der Waals surface area contributed by atoms with Crippen LogP contribution in [0, 0.1) is 6.92 Å². The van der Waals surface area contributed by atoms with Gasteiger partial charge in [0.05, 0.1) is 0 Å². The fourth-order valence-electron chi connectivity index (χ4n) is 1.43. The van der Waals surface area contributed by atoms with Crippen LogP contribution < -0.4 is 0 Å². The van der Waals surface area contributed by atoms with Gasteiger partial charge >= 0.3 is 0 Å². The lowest BCUT2D eigenvalue weighted by Gasteiger charge is -2.07. The van der Waals surface area contributed by atoms with Crippen molar-refractivity contribution < 1.29 is 0 Å². The third kappa shape index (κ3) is 1.78. The first-order valence-corrected chi connectivity index (χ1v) is 4.25. The SMILES string of the molecule is C=Cc1cc(C)cc(C=C)c1C=C. The van der Waals surface area contributed by atoms with Crippen molar-refractivity contribution in [1.82, 2.24) is 0 Å². The molecule has 0 fully saturated rings. The molecule has 0 aliphatic heterocycles. The van der Waals surface area contributed by atoms with Gasteiger partial charge in [0.1, 0.15) is 0 Å². The molecule has 0 saturated heterocycles. The smallest absolute Gasteiger partial charge is 0.0118 e. The summed E-state index contributed by atoms with van der Waals surface area (Å²) in [6.07, 6.45) is 5.53. The van der Waals surface area contributed by atoms with Crippen molar-refractivity contribution in [1.29, 1.82) is 0 Å². The van der Waals surface area contributed by atoms with Gasteiger partial charge in [0.15, 0.2) is 0 Å². The summed E-state index contributed by atoms with van der Waals surface area (Å²) < 4.78 is 0. The van der Waals surface area contributed by atoms with Gasteiger partial charge < -0.3 is 0 Å². The van der Waals surface area contributed by atoms with Crippen molar-refractivity contribution in [2.24, 2.45) is 0 Å². The molecule has 0 aromatic heterocycles. The third-order valence-electron chi connectivity index (χ3n) is 2.03. The zero-order chi connectivity index (χ0) is 9.84. The highest BCUT2D eigenvalue weighted by molar-refractivity contribution is 5.73. The largest absolute Gasteiger partial charge is 0.0984 e. The van der Waals surface area contributed by atoms with Gasteiger partial charge in [0.25, 0.3) is 0 Å². The molecular formula is C13H14. The van der Waals surface area contributed by atoms with Crippen LogP contribution in [0.25, 0.3) is 18.2 Å². The topological polar surface area (TPSA) is 0 Å². The predicted molar refractivity (Wildman–Crippen MR) is 61.5 cm³/mol. The fraction of sp³-hybridized carbons (Fsp3) is 0.0769. The highest BCUT2D eigenvalue weighted by atomic mass is 14.1. The number of hydrogen-bond acceptors (Lipinski definition) is 0. The summed E-state index contributed by atoms with van der Waals surface area (Å²) in [6.45, 7) is 13.4. The van der Waals surface area contributed by atoms with Crippen LogP contribution in [0.5, 0.6) is 0 Å². The number of aryl methyl sites for hydroxylation is 1. The Morgan fingerprint density at radius 3 is 1.69 bits per heavy atom. The summed E-state index contributed by atoms with van der Waals surface area (Å²) in [5.74, 6) is 0. The average Bonchev–Trinajstić information content (AvgIpc) is 2.16. The minimum absolute atomic E-state index is 1.11. The lowest BCUT2D eigenvalue weighted by Crippen LogP contribution is -1.87. The molecule has 0 aliphatic rings. The zero-order valence-corrected chi connectivity index (χ0v) is 8.01. The van der Waals surface area contributed by atoms with E-state index in [0.29, 0.717) is 0 Å². The van der Waals surface area contributed by atoms with E-state index in [4.69, 9.17) is 0 Å². The molecule has 1 aromatic carbocycles. The second-order valence-electron chi connectivity index (χ2n) is 2.97. The Balaban J connectivity index is 3.50. The van der Waals surface area contributed by atoms with Crippen molar-refractivity contribution in [2.75, 3.05) is 0 Å². The molecule has 66 valence electrons. The van der Waals surface area contributed by atoms with Gasteiger partial charge in [-0.05, 0) is 29.2 Å². The quantitative estimate of drug-likeness (QED) is 0.645.